The van der Waals surface area contributed by atoms with Crippen molar-refractivity contribution in [2.45, 2.75) is 6.10 Å². The maximum atomic E-state index is 12.2. The Balaban J connectivity index is 1.89. The Labute approximate surface area is 109 Å². The molecule has 1 aliphatic heterocycles. The van der Waals surface area contributed by atoms with Crippen molar-refractivity contribution in [3.63, 3.8) is 0 Å². The van der Waals surface area contributed by atoms with Crippen LogP contribution in [0.3, 0.4) is 0 Å². The summed E-state index contributed by atoms with van der Waals surface area (Å²) < 4.78 is 6.67. The summed E-state index contributed by atoms with van der Waals surface area (Å²) >= 11 is 0. The van der Waals surface area contributed by atoms with E-state index < -0.39 is 0 Å². The quantitative estimate of drug-likeness (QED) is 0.847. The van der Waals surface area contributed by atoms with Crippen LogP contribution in [-0.4, -0.2) is 46.7 Å². The highest BCUT2D eigenvalue weighted by molar-refractivity contribution is 5.97. The lowest BCUT2D eigenvalue weighted by molar-refractivity contribution is -0.0191. The van der Waals surface area contributed by atoms with Gasteiger partial charge in [0.25, 0.3) is 5.91 Å². The van der Waals surface area contributed by atoms with E-state index in [9.17, 15) is 9.59 Å². The van der Waals surface area contributed by atoms with Crippen molar-refractivity contribution >= 4 is 16.9 Å². The van der Waals surface area contributed by atoms with E-state index in [-0.39, 0.29) is 17.7 Å². The summed E-state index contributed by atoms with van der Waals surface area (Å²) in [5, 5.41) is 0. The monoisotopic (exact) mass is 261 g/mol. The maximum Gasteiger partial charge on any atom is 0.326 e. The smallest absolute Gasteiger partial charge is 0.326 e. The lowest BCUT2D eigenvalue weighted by atomic mass is 10.1. The first-order chi connectivity index (χ1) is 9.10. The summed E-state index contributed by atoms with van der Waals surface area (Å²) in [6.07, 6.45) is 0.143. The van der Waals surface area contributed by atoms with Gasteiger partial charge >= 0.3 is 5.69 Å². The standard InChI is InChI=1S/C13H15N3O3/c1-15-11-4-3-8(5-10(11)14-13(15)18)12(17)16-6-9(7-16)19-2/h3-5,9H,6-7H2,1-2H3,(H,14,18). The van der Waals surface area contributed by atoms with Crippen molar-refractivity contribution in [1.29, 1.82) is 0 Å². The average Bonchev–Trinajstić information content (AvgIpc) is 2.63. The number of methoxy groups -OCH3 is 1. The van der Waals surface area contributed by atoms with E-state index in [0.717, 1.165) is 5.52 Å². The van der Waals surface area contributed by atoms with Crippen LogP contribution in [0.2, 0.25) is 0 Å². The molecular weight excluding hydrogens is 246 g/mol. The Hall–Kier alpha value is -2.08. The van der Waals surface area contributed by atoms with E-state index in [2.05, 4.69) is 4.98 Å². The first kappa shape index (κ1) is 12.0. The largest absolute Gasteiger partial charge is 0.378 e. The highest BCUT2D eigenvalue weighted by Crippen LogP contribution is 2.18. The van der Waals surface area contributed by atoms with Gasteiger partial charge in [-0.05, 0) is 18.2 Å². The fraction of sp³-hybridized carbons (Fsp3) is 0.385. The second kappa shape index (κ2) is 4.24. The summed E-state index contributed by atoms with van der Waals surface area (Å²) in [5.41, 5.74) is 1.88. The molecule has 1 aromatic carbocycles. The number of H-pyrrole nitrogens is 1. The van der Waals surface area contributed by atoms with Crippen LogP contribution in [0.25, 0.3) is 11.0 Å². The molecule has 100 valence electrons. The number of nitrogens with one attached hydrogen (secondary N) is 1. The molecule has 19 heavy (non-hydrogen) atoms. The number of ether oxygens (including phenoxy) is 1. The number of amides is 1. The van der Waals surface area contributed by atoms with E-state index in [0.29, 0.717) is 24.2 Å². The van der Waals surface area contributed by atoms with Gasteiger partial charge in [-0.3, -0.25) is 9.36 Å². The number of likely N-dealkylation sites (tertiary alicyclic amines) is 1. The number of aromatic nitrogens is 2. The van der Waals surface area contributed by atoms with Gasteiger partial charge in [-0.25, -0.2) is 4.79 Å². The van der Waals surface area contributed by atoms with Crippen molar-refractivity contribution in [2.75, 3.05) is 20.2 Å². The van der Waals surface area contributed by atoms with E-state index in [1.165, 1.54) is 4.57 Å². The van der Waals surface area contributed by atoms with Crippen molar-refractivity contribution in [3.8, 4) is 0 Å². The van der Waals surface area contributed by atoms with E-state index in [1.807, 2.05) is 0 Å². The van der Waals surface area contributed by atoms with Crippen LogP contribution in [0.5, 0.6) is 0 Å². The Bertz CT molecular complexity index is 695. The summed E-state index contributed by atoms with van der Waals surface area (Å²) in [5.74, 6) is -0.0279. The Kier molecular flexibility index (Phi) is 2.67. The molecule has 1 aliphatic rings. The van der Waals surface area contributed by atoms with Gasteiger partial charge in [0.05, 0.1) is 17.1 Å². The fourth-order valence-electron chi connectivity index (χ4n) is 2.31. The van der Waals surface area contributed by atoms with Gasteiger partial charge in [0, 0.05) is 32.8 Å². The molecule has 2 heterocycles. The van der Waals surface area contributed by atoms with Crippen LogP contribution in [0.15, 0.2) is 23.0 Å². The van der Waals surface area contributed by atoms with Crippen LogP contribution in [-0.2, 0) is 11.8 Å². The maximum absolute atomic E-state index is 12.2. The third-order valence-electron chi connectivity index (χ3n) is 3.62. The Morgan fingerprint density at radius 3 is 2.84 bits per heavy atom. The molecule has 2 aromatic rings. The number of rotatable bonds is 2. The fourth-order valence-corrected chi connectivity index (χ4v) is 2.31. The predicted molar refractivity (Wildman–Crippen MR) is 70.2 cm³/mol. The van der Waals surface area contributed by atoms with E-state index in [1.54, 1.807) is 37.3 Å². The zero-order valence-corrected chi connectivity index (χ0v) is 10.8. The number of nitrogens with zero attached hydrogens (tertiary/aromatic N) is 2. The van der Waals surface area contributed by atoms with Gasteiger partial charge in [0.1, 0.15) is 0 Å². The average molecular weight is 261 g/mol. The topological polar surface area (TPSA) is 67.3 Å². The van der Waals surface area contributed by atoms with Crippen LogP contribution < -0.4 is 5.69 Å². The SMILES string of the molecule is COC1CN(C(=O)c2ccc3c(c2)[nH]c(=O)n3C)C1. The minimum absolute atomic E-state index is 0.0279. The molecule has 0 saturated carbocycles. The molecule has 6 heteroatoms. The molecule has 0 aliphatic carbocycles. The molecule has 6 nitrogen and oxygen atoms in total. The van der Waals surface area contributed by atoms with Gasteiger partial charge in [0.15, 0.2) is 0 Å². The Morgan fingerprint density at radius 1 is 1.42 bits per heavy atom. The summed E-state index contributed by atoms with van der Waals surface area (Å²) in [6.45, 7) is 1.25. The van der Waals surface area contributed by atoms with E-state index >= 15 is 0 Å². The number of hydrogen-bond acceptors (Lipinski definition) is 3. The van der Waals surface area contributed by atoms with Crippen molar-refractivity contribution in [3.05, 3.63) is 34.2 Å². The zero-order valence-electron chi connectivity index (χ0n) is 10.8. The second-order valence-corrected chi connectivity index (χ2v) is 4.79. The Morgan fingerprint density at radius 2 is 2.16 bits per heavy atom. The highest BCUT2D eigenvalue weighted by atomic mass is 16.5. The molecule has 3 rings (SSSR count). The first-order valence-corrected chi connectivity index (χ1v) is 6.11. The van der Waals surface area contributed by atoms with E-state index in [4.69, 9.17) is 4.74 Å². The lowest BCUT2D eigenvalue weighted by Gasteiger charge is -2.38. The number of carbonyl (C=O) groups excluding carboxylic acids is 1. The summed E-state index contributed by atoms with van der Waals surface area (Å²) in [7, 11) is 3.34. The molecule has 0 spiro atoms. The third kappa shape index (κ3) is 1.84. The second-order valence-electron chi connectivity index (χ2n) is 4.79. The number of benzene rings is 1. The molecule has 1 aromatic heterocycles. The molecule has 0 atom stereocenters. The number of aromatic amines is 1. The van der Waals surface area contributed by atoms with Crippen LogP contribution in [0, 0.1) is 0 Å². The normalized spacial score (nSPS) is 15.8. The zero-order chi connectivity index (χ0) is 13.6. The number of aryl methyl sites for hydroxylation is 1. The van der Waals surface area contributed by atoms with Gasteiger partial charge in [-0.2, -0.15) is 0 Å². The van der Waals surface area contributed by atoms with Crippen LogP contribution in [0.4, 0.5) is 0 Å². The van der Waals surface area contributed by atoms with Gasteiger partial charge in [0.2, 0.25) is 0 Å². The molecule has 1 N–H and O–H groups in total. The molecule has 1 saturated heterocycles. The molecule has 1 amide bonds. The van der Waals surface area contributed by atoms with Crippen LogP contribution >= 0.6 is 0 Å². The van der Waals surface area contributed by atoms with Gasteiger partial charge < -0.3 is 14.6 Å². The minimum atomic E-state index is -0.178. The summed E-state index contributed by atoms with van der Waals surface area (Å²) in [4.78, 5) is 28.2. The number of hydrogen-bond donors (Lipinski definition) is 1. The van der Waals surface area contributed by atoms with Crippen molar-refractivity contribution in [2.24, 2.45) is 7.05 Å². The first-order valence-electron chi connectivity index (χ1n) is 6.11. The lowest BCUT2D eigenvalue weighted by Crippen LogP contribution is -2.54. The molecule has 0 unspecified atom stereocenters. The third-order valence-corrected chi connectivity index (χ3v) is 3.62. The summed E-state index contributed by atoms with van der Waals surface area (Å²) in [6, 6.07) is 5.26. The van der Waals surface area contributed by atoms with Gasteiger partial charge in [-0.1, -0.05) is 0 Å². The highest BCUT2D eigenvalue weighted by Gasteiger charge is 2.31. The molecular formula is C13H15N3O3. The van der Waals surface area contributed by atoms with Gasteiger partial charge in [-0.15, -0.1) is 0 Å². The predicted octanol–water partition coefficient (Wildman–Crippen LogP) is 0.337. The molecule has 0 bridgehead atoms. The van der Waals surface area contributed by atoms with Crippen LogP contribution in [0.1, 0.15) is 10.4 Å². The minimum Gasteiger partial charge on any atom is -0.378 e. The molecule has 1 fully saturated rings. The molecule has 0 radical (unpaired) electrons. The van der Waals surface area contributed by atoms with Crippen molar-refractivity contribution < 1.29 is 9.53 Å². The number of imidazole rings is 1. The number of carbonyl (C=O) groups is 1. The number of fused-ring (bicyclic) bond motifs is 1. The van der Waals surface area contributed by atoms with Crippen molar-refractivity contribution in [1.82, 2.24) is 14.5 Å².